The third-order valence-electron chi connectivity index (χ3n) is 2.26. The second kappa shape index (κ2) is 6.20. The Hall–Kier alpha value is -0.340. The van der Waals surface area contributed by atoms with Crippen LogP contribution >= 0.6 is 11.3 Å². The van der Waals surface area contributed by atoms with Gasteiger partial charge in [-0.15, -0.1) is 11.3 Å². The molecule has 0 saturated heterocycles. The molecule has 1 aromatic heterocycles. The van der Waals surface area contributed by atoms with Crippen molar-refractivity contribution in [2.75, 3.05) is 6.54 Å². The van der Waals surface area contributed by atoms with E-state index in [1.54, 1.807) is 0 Å². The maximum Gasteiger partial charge on any atom is 0.0299 e. The zero-order valence-corrected chi connectivity index (χ0v) is 10.3. The normalized spacial score (nSPS) is 11.1. The molecule has 80 valence electrons. The molecule has 2 heteroatoms. The van der Waals surface area contributed by atoms with Crippen LogP contribution in [-0.2, 0) is 13.0 Å². The highest BCUT2D eigenvalue weighted by Crippen LogP contribution is 2.16. The molecule has 0 fully saturated rings. The summed E-state index contributed by atoms with van der Waals surface area (Å²) in [5, 5.41) is 3.48. The van der Waals surface area contributed by atoms with Crippen molar-refractivity contribution >= 4 is 11.3 Å². The molecule has 0 aliphatic carbocycles. The average Bonchev–Trinajstić information content (AvgIpc) is 2.60. The molecule has 0 saturated carbocycles. The highest BCUT2D eigenvalue weighted by Gasteiger charge is 1.98. The van der Waals surface area contributed by atoms with Gasteiger partial charge in [0.25, 0.3) is 0 Å². The molecule has 1 rings (SSSR count). The number of thiophene rings is 1. The van der Waals surface area contributed by atoms with E-state index in [1.807, 2.05) is 11.3 Å². The maximum atomic E-state index is 3.48. The highest BCUT2D eigenvalue weighted by molar-refractivity contribution is 7.11. The molecule has 1 heterocycles. The van der Waals surface area contributed by atoms with E-state index in [9.17, 15) is 0 Å². The number of rotatable bonds is 6. The van der Waals surface area contributed by atoms with Crippen LogP contribution in [-0.4, -0.2) is 6.54 Å². The largest absolute Gasteiger partial charge is 0.312 e. The third-order valence-corrected chi connectivity index (χ3v) is 3.49. The first-order valence-electron chi connectivity index (χ1n) is 5.50. The van der Waals surface area contributed by atoms with E-state index >= 15 is 0 Å². The van der Waals surface area contributed by atoms with Crippen LogP contribution in [0.25, 0.3) is 0 Å². The van der Waals surface area contributed by atoms with E-state index in [0.717, 1.165) is 25.4 Å². The van der Waals surface area contributed by atoms with Gasteiger partial charge in [0.1, 0.15) is 0 Å². The number of hydrogen-bond acceptors (Lipinski definition) is 2. The zero-order chi connectivity index (χ0) is 10.4. The van der Waals surface area contributed by atoms with E-state index in [0.29, 0.717) is 0 Å². The molecule has 0 aliphatic heterocycles. The van der Waals surface area contributed by atoms with Crippen molar-refractivity contribution < 1.29 is 0 Å². The summed E-state index contributed by atoms with van der Waals surface area (Å²) in [5.74, 6) is 0.803. The van der Waals surface area contributed by atoms with Crippen LogP contribution in [0.4, 0.5) is 0 Å². The van der Waals surface area contributed by atoms with E-state index in [4.69, 9.17) is 0 Å². The molecule has 0 unspecified atom stereocenters. The van der Waals surface area contributed by atoms with Crippen LogP contribution < -0.4 is 5.32 Å². The van der Waals surface area contributed by atoms with Gasteiger partial charge in [-0.3, -0.25) is 0 Å². The van der Waals surface area contributed by atoms with Gasteiger partial charge < -0.3 is 5.32 Å². The van der Waals surface area contributed by atoms with Crippen LogP contribution in [0.15, 0.2) is 12.1 Å². The molecular weight excluding hydrogens is 190 g/mol. The molecule has 1 N–H and O–H groups in total. The average molecular weight is 211 g/mol. The minimum Gasteiger partial charge on any atom is -0.312 e. The lowest BCUT2D eigenvalue weighted by molar-refractivity contribution is 0.539. The van der Waals surface area contributed by atoms with Crippen molar-refractivity contribution in [2.24, 2.45) is 5.92 Å². The van der Waals surface area contributed by atoms with E-state index in [2.05, 4.69) is 38.2 Å². The van der Waals surface area contributed by atoms with E-state index < -0.39 is 0 Å². The zero-order valence-electron chi connectivity index (χ0n) is 9.47. The van der Waals surface area contributed by atoms with Gasteiger partial charge in [0.05, 0.1) is 0 Å². The molecule has 14 heavy (non-hydrogen) atoms. The van der Waals surface area contributed by atoms with Crippen molar-refractivity contribution in [3.63, 3.8) is 0 Å². The fourth-order valence-corrected chi connectivity index (χ4v) is 2.24. The summed E-state index contributed by atoms with van der Waals surface area (Å²) in [5.41, 5.74) is 0. The summed E-state index contributed by atoms with van der Waals surface area (Å²) in [6.45, 7) is 8.92. The summed E-state index contributed by atoms with van der Waals surface area (Å²) in [4.78, 5) is 2.95. The van der Waals surface area contributed by atoms with Crippen molar-refractivity contribution in [1.82, 2.24) is 5.32 Å². The van der Waals surface area contributed by atoms with Crippen LogP contribution in [0.5, 0.6) is 0 Å². The molecule has 0 spiro atoms. The fraction of sp³-hybridized carbons (Fsp3) is 0.667. The fourth-order valence-electron chi connectivity index (χ4n) is 1.31. The van der Waals surface area contributed by atoms with Gasteiger partial charge in [-0.25, -0.2) is 0 Å². The van der Waals surface area contributed by atoms with Gasteiger partial charge in [0.2, 0.25) is 0 Å². The first-order valence-corrected chi connectivity index (χ1v) is 6.32. The van der Waals surface area contributed by atoms with E-state index in [1.165, 1.54) is 16.2 Å². The first-order chi connectivity index (χ1) is 6.72. The quantitative estimate of drug-likeness (QED) is 0.711. The topological polar surface area (TPSA) is 12.0 Å². The summed E-state index contributed by atoms with van der Waals surface area (Å²) < 4.78 is 0. The summed E-state index contributed by atoms with van der Waals surface area (Å²) in [6.07, 6.45) is 2.43. The third kappa shape index (κ3) is 4.25. The number of hydrogen-bond donors (Lipinski definition) is 1. The Balaban J connectivity index is 2.18. The van der Waals surface area contributed by atoms with E-state index in [-0.39, 0.29) is 0 Å². The lowest BCUT2D eigenvalue weighted by atomic mass is 10.1. The summed E-state index contributed by atoms with van der Waals surface area (Å²) >= 11 is 1.93. The molecule has 0 radical (unpaired) electrons. The Bertz CT molecular complexity index is 253. The number of aryl methyl sites for hydroxylation is 1. The van der Waals surface area contributed by atoms with Gasteiger partial charge in [-0.1, -0.05) is 20.8 Å². The SMILES string of the molecule is CCc1ccc(CNCCC(C)C)s1. The molecule has 0 aromatic carbocycles. The van der Waals surface area contributed by atoms with Crippen LogP contribution in [0, 0.1) is 5.92 Å². The Morgan fingerprint density at radius 2 is 2.00 bits per heavy atom. The summed E-state index contributed by atoms with van der Waals surface area (Å²) in [7, 11) is 0. The summed E-state index contributed by atoms with van der Waals surface area (Å²) in [6, 6.07) is 4.48. The van der Waals surface area contributed by atoms with Gasteiger partial charge in [0, 0.05) is 16.3 Å². The van der Waals surface area contributed by atoms with Crippen molar-refractivity contribution in [3.8, 4) is 0 Å². The molecular formula is C12H21NS. The smallest absolute Gasteiger partial charge is 0.0299 e. The minimum atomic E-state index is 0.803. The minimum absolute atomic E-state index is 0.803. The first kappa shape index (κ1) is 11.7. The standard InChI is InChI=1S/C12H21NS/c1-4-11-5-6-12(14-11)9-13-8-7-10(2)3/h5-6,10,13H,4,7-9H2,1-3H3. The molecule has 0 bridgehead atoms. The predicted octanol–water partition coefficient (Wildman–Crippen LogP) is 3.45. The second-order valence-electron chi connectivity index (χ2n) is 4.08. The van der Waals surface area contributed by atoms with Crippen molar-refractivity contribution in [1.29, 1.82) is 0 Å². The van der Waals surface area contributed by atoms with Crippen molar-refractivity contribution in [3.05, 3.63) is 21.9 Å². The Labute approximate surface area is 91.5 Å². The lowest BCUT2D eigenvalue weighted by Crippen LogP contribution is -2.15. The highest BCUT2D eigenvalue weighted by atomic mass is 32.1. The second-order valence-corrected chi connectivity index (χ2v) is 5.33. The van der Waals surface area contributed by atoms with Gasteiger partial charge in [-0.05, 0) is 37.4 Å². The van der Waals surface area contributed by atoms with Gasteiger partial charge in [0.15, 0.2) is 0 Å². The lowest BCUT2D eigenvalue weighted by Gasteiger charge is -2.05. The Morgan fingerprint density at radius 1 is 1.29 bits per heavy atom. The molecule has 0 atom stereocenters. The van der Waals surface area contributed by atoms with Crippen LogP contribution in [0.1, 0.15) is 36.9 Å². The van der Waals surface area contributed by atoms with Crippen LogP contribution in [0.2, 0.25) is 0 Å². The Kier molecular flexibility index (Phi) is 5.20. The maximum absolute atomic E-state index is 3.48. The van der Waals surface area contributed by atoms with Gasteiger partial charge in [-0.2, -0.15) is 0 Å². The number of nitrogens with one attached hydrogen (secondary N) is 1. The molecule has 1 nitrogen and oxygen atoms in total. The van der Waals surface area contributed by atoms with Crippen molar-refractivity contribution in [2.45, 2.75) is 40.2 Å². The van der Waals surface area contributed by atoms with Gasteiger partial charge >= 0.3 is 0 Å². The molecule has 0 amide bonds. The predicted molar refractivity (Wildman–Crippen MR) is 64.9 cm³/mol. The monoisotopic (exact) mass is 211 g/mol. The molecule has 0 aliphatic rings. The Morgan fingerprint density at radius 3 is 2.57 bits per heavy atom. The molecule has 1 aromatic rings. The van der Waals surface area contributed by atoms with Crippen LogP contribution in [0.3, 0.4) is 0 Å².